The van der Waals surface area contributed by atoms with Crippen molar-refractivity contribution in [1.82, 2.24) is 9.55 Å². The molecule has 0 aliphatic carbocycles. The average Bonchev–Trinajstić information content (AvgIpc) is 2.09. The number of hydrogen-bond acceptors (Lipinski definition) is 2. The molecule has 0 bridgehead atoms. The third-order valence-corrected chi connectivity index (χ3v) is 2.50. The summed E-state index contributed by atoms with van der Waals surface area (Å²) in [5, 5.41) is 0. The summed E-state index contributed by atoms with van der Waals surface area (Å²) in [7, 11) is 1.72. The number of aryl methyl sites for hydroxylation is 1. The first-order valence-electron chi connectivity index (χ1n) is 3.49. The molecule has 0 aliphatic heterocycles. The van der Waals surface area contributed by atoms with Crippen LogP contribution in [-0.2, 0) is 0 Å². The van der Waals surface area contributed by atoms with Crippen molar-refractivity contribution < 1.29 is 0 Å². The summed E-state index contributed by atoms with van der Waals surface area (Å²) >= 11 is 3.40. The molecule has 0 radical (unpaired) electrons. The molecule has 1 aromatic heterocycles. The Morgan fingerprint density at radius 3 is 2.92 bits per heavy atom. The summed E-state index contributed by atoms with van der Waals surface area (Å²) < 4.78 is 2.73. The lowest BCUT2D eigenvalue weighted by atomic mass is 10.5. The fraction of sp³-hybridized carbons (Fsp3) is 0.250. The second-order valence-electron chi connectivity index (χ2n) is 2.27. The highest BCUT2D eigenvalue weighted by Gasteiger charge is 1.99. The number of hydrogen-bond donors (Lipinski definition) is 0. The van der Waals surface area contributed by atoms with E-state index in [0.29, 0.717) is 0 Å². The van der Waals surface area contributed by atoms with Gasteiger partial charge in [0.15, 0.2) is 5.49 Å². The third-order valence-electron chi connectivity index (χ3n) is 1.54. The molecule has 0 saturated carbocycles. The largest absolute Gasteiger partial charge is 0.294 e. The quantitative estimate of drug-likeness (QED) is 0.717. The van der Waals surface area contributed by atoms with Gasteiger partial charge in [0, 0.05) is 13.2 Å². The van der Waals surface area contributed by atoms with E-state index in [1.807, 2.05) is 11.5 Å². The Morgan fingerprint density at radius 1 is 1.75 bits per heavy atom. The lowest BCUT2D eigenvalue weighted by Crippen LogP contribution is -2.18. The van der Waals surface area contributed by atoms with Gasteiger partial charge in [-0.25, -0.2) is 0 Å². The maximum atomic E-state index is 4.15. The highest BCUT2D eigenvalue weighted by atomic mass is 79.9. The normalized spacial score (nSPS) is 11.8. The molecule has 0 saturated heterocycles. The van der Waals surface area contributed by atoms with Crippen LogP contribution in [-0.4, -0.2) is 16.6 Å². The Labute approximate surface area is 79.6 Å². The summed E-state index contributed by atoms with van der Waals surface area (Å²) in [5.74, 6) is 0. The summed E-state index contributed by atoms with van der Waals surface area (Å²) in [6, 6.07) is 0. The van der Waals surface area contributed by atoms with E-state index in [0.717, 1.165) is 15.8 Å². The molecule has 0 amide bonds. The Kier molecular flexibility index (Phi) is 2.81. The summed E-state index contributed by atoms with van der Waals surface area (Å²) in [5.41, 5.74) is 1.70. The van der Waals surface area contributed by atoms with Gasteiger partial charge in [-0.1, -0.05) is 6.58 Å². The highest BCUT2D eigenvalue weighted by molar-refractivity contribution is 9.10. The molecule has 0 atom stereocenters. The van der Waals surface area contributed by atoms with Crippen molar-refractivity contribution in [3.05, 3.63) is 28.6 Å². The molecular weight excluding hydrogens is 218 g/mol. The predicted octanol–water partition coefficient (Wildman–Crippen LogP) is 1.59. The van der Waals surface area contributed by atoms with Gasteiger partial charge in [-0.05, 0) is 22.9 Å². The summed E-state index contributed by atoms with van der Waals surface area (Å²) in [4.78, 5) is 8.19. The van der Waals surface area contributed by atoms with Crippen LogP contribution in [0.1, 0.15) is 5.69 Å². The van der Waals surface area contributed by atoms with Crippen molar-refractivity contribution in [2.75, 3.05) is 7.05 Å². The van der Waals surface area contributed by atoms with Crippen LogP contribution in [0.2, 0.25) is 0 Å². The molecule has 0 spiro atoms. The van der Waals surface area contributed by atoms with Crippen LogP contribution in [0.5, 0.6) is 0 Å². The zero-order valence-electron chi connectivity index (χ0n) is 7.08. The van der Waals surface area contributed by atoms with E-state index in [9.17, 15) is 0 Å². The Morgan fingerprint density at radius 2 is 2.42 bits per heavy atom. The predicted molar refractivity (Wildman–Crippen MR) is 52.5 cm³/mol. The van der Waals surface area contributed by atoms with Gasteiger partial charge < -0.3 is 0 Å². The molecule has 0 aromatic carbocycles. The SMILES string of the molecule is C=Cn1c(Br)c(C)ncc1=NC. The third kappa shape index (κ3) is 1.48. The molecule has 4 heteroatoms. The molecule has 0 aliphatic rings. The van der Waals surface area contributed by atoms with Crippen molar-refractivity contribution in [1.29, 1.82) is 0 Å². The van der Waals surface area contributed by atoms with Crippen LogP contribution in [0.25, 0.3) is 6.20 Å². The van der Waals surface area contributed by atoms with Crippen LogP contribution < -0.4 is 5.49 Å². The van der Waals surface area contributed by atoms with Gasteiger partial charge in [-0.15, -0.1) is 0 Å². The van der Waals surface area contributed by atoms with Crippen LogP contribution >= 0.6 is 15.9 Å². The zero-order chi connectivity index (χ0) is 9.14. The minimum absolute atomic E-state index is 0.780. The lowest BCUT2D eigenvalue weighted by Gasteiger charge is -2.05. The topological polar surface area (TPSA) is 30.2 Å². The second-order valence-corrected chi connectivity index (χ2v) is 3.02. The molecule has 0 N–H and O–H groups in total. The first-order valence-corrected chi connectivity index (χ1v) is 4.29. The van der Waals surface area contributed by atoms with Crippen LogP contribution in [0, 0.1) is 6.92 Å². The van der Waals surface area contributed by atoms with Crippen LogP contribution in [0.3, 0.4) is 0 Å². The molecule has 0 unspecified atom stereocenters. The monoisotopic (exact) mass is 227 g/mol. The van der Waals surface area contributed by atoms with Crippen molar-refractivity contribution in [3.63, 3.8) is 0 Å². The van der Waals surface area contributed by atoms with Gasteiger partial charge in [0.1, 0.15) is 4.60 Å². The summed E-state index contributed by atoms with van der Waals surface area (Å²) in [6.45, 7) is 5.61. The molecule has 0 fully saturated rings. The number of rotatable bonds is 1. The fourth-order valence-corrected chi connectivity index (χ4v) is 1.31. The lowest BCUT2D eigenvalue weighted by molar-refractivity contribution is 0.903. The average molecular weight is 228 g/mol. The van der Waals surface area contributed by atoms with Crippen LogP contribution in [0.15, 0.2) is 22.4 Å². The Hall–Kier alpha value is -0.900. The standard InChI is InChI=1S/C8H10BrN3/c1-4-12-7(10-3)5-11-6(2)8(12)9/h4-5H,1H2,2-3H3. The molecule has 12 heavy (non-hydrogen) atoms. The van der Waals surface area contributed by atoms with E-state index in [1.165, 1.54) is 0 Å². The van der Waals surface area contributed by atoms with E-state index in [4.69, 9.17) is 0 Å². The van der Waals surface area contributed by atoms with Crippen molar-refractivity contribution in [3.8, 4) is 0 Å². The van der Waals surface area contributed by atoms with E-state index in [1.54, 1.807) is 19.4 Å². The van der Waals surface area contributed by atoms with Crippen LogP contribution in [0.4, 0.5) is 0 Å². The van der Waals surface area contributed by atoms with Gasteiger partial charge in [-0.2, -0.15) is 0 Å². The smallest absolute Gasteiger partial charge is 0.151 e. The van der Waals surface area contributed by atoms with Crippen molar-refractivity contribution >= 4 is 22.1 Å². The Bertz CT molecular complexity index is 365. The maximum absolute atomic E-state index is 4.15. The minimum Gasteiger partial charge on any atom is -0.294 e. The zero-order valence-corrected chi connectivity index (χ0v) is 8.67. The van der Waals surface area contributed by atoms with E-state index < -0.39 is 0 Å². The first kappa shape index (κ1) is 9.19. The number of aromatic nitrogens is 2. The fourth-order valence-electron chi connectivity index (χ4n) is 0.884. The Balaban J connectivity index is 3.57. The van der Waals surface area contributed by atoms with E-state index in [2.05, 4.69) is 32.5 Å². The minimum atomic E-state index is 0.780. The molecule has 3 nitrogen and oxygen atoms in total. The second kappa shape index (κ2) is 3.67. The van der Waals surface area contributed by atoms with E-state index in [-0.39, 0.29) is 0 Å². The molecule has 1 aromatic rings. The van der Waals surface area contributed by atoms with E-state index >= 15 is 0 Å². The van der Waals surface area contributed by atoms with Gasteiger partial charge in [-0.3, -0.25) is 14.5 Å². The molecule has 1 heterocycles. The molecular formula is C8H10BrN3. The van der Waals surface area contributed by atoms with Crippen molar-refractivity contribution in [2.24, 2.45) is 4.99 Å². The number of halogens is 1. The summed E-state index contributed by atoms with van der Waals surface area (Å²) in [6.07, 6.45) is 3.41. The van der Waals surface area contributed by atoms with Gasteiger partial charge in [0.2, 0.25) is 0 Å². The highest BCUT2D eigenvalue weighted by Crippen LogP contribution is 2.10. The van der Waals surface area contributed by atoms with Gasteiger partial charge >= 0.3 is 0 Å². The number of nitrogens with zero attached hydrogens (tertiary/aromatic N) is 3. The maximum Gasteiger partial charge on any atom is 0.151 e. The molecule has 1 rings (SSSR count). The molecule has 64 valence electrons. The van der Waals surface area contributed by atoms with Crippen molar-refractivity contribution in [2.45, 2.75) is 6.92 Å². The first-order chi connectivity index (χ1) is 5.70. The van der Waals surface area contributed by atoms with Gasteiger partial charge in [0.05, 0.1) is 11.9 Å². The van der Waals surface area contributed by atoms with Gasteiger partial charge in [0.25, 0.3) is 0 Å².